The van der Waals surface area contributed by atoms with Gasteiger partial charge in [-0.2, -0.15) is 0 Å². The molecule has 1 aliphatic rings. The van der Waals surface area contributed by atoms with Crippen LogP contribution >= 0.6 is 0 Å². The SMILES string of the molecule is C=C(C)C1CCCC1C=O. The van der Waals surface area contributed by atoms with E-state index in [9.17, 15) is 4.79 Å². The zero-order valence-corrected chi connectivity index (χ0v) is 6.47. The highest BCUT2D eigenvalue weighted by Crippen LogP contribution is 2.34. The van der Waals surface area contributed by atoms with Crippen LogP contribution in [-0.2, 0) is 4.79 Å². The van der Waals surface area contributed by atoms with E-state index >= 15 is 0 Å². The van der Waals surface area contributed by atoms with Crippen LogP contribution in [0, 0.1) is 11.8 Å². The zero-order valence-electron chi connectivity index (χ0n) is 6.47. The van der Waals surface area contributed by atoms with Crippen molar-refractivity contribution in [3.63, 3.8) is 0 Å². The van der Waals surface area contributed by atoms with Gasteiger partial charge < -0.3 is 4.79 Å². The van der Waals surface area contributed by atoms with Crippen molar-refractivity contribution in [2.45, 2.75) is 26.2 Å². The molecule has 10 heavy (non-hydrogen) atoms. The highest BCUT2D eigenvalue weighted by atomic mass is 16.1. The molecule has 0 aromatic rings. The van der Waals surface area contributed by atoms with E-state index in [1.54, 1.807) is 0 Å². The number of allylic oxidation sites excluding steroid dienone is 1. The van der Waals surface area contributed by atoms with Gasteiger partial charge in [-0.15, -0.1) is 0 Å². The van der Waals surface area contributed by atoms with E-state index in [0.717, 1.165) is 12.7 Å². The van der Waals surface area contributed by atoms with Crippen LogP contribution in [0.15, 0.2) is 12.2 Å². The van der Waals surface area contributed by atoms with Crippen LogP contribution < -0.4 is 0 Å². The fourth-order valence-corrected chi connectivity index (χ4v) is 1.76. The average Bonchev–Trinajstić information content (AvgIpc) is 2.33. The molecule has 0 amide bonds. The second kappa shape index (κ2) is 3.00. The molecule has 0 aromatic carbocycles. The average molecular weight is 138 g/mol. The van der Waals surface area contributed by atoms with Gasteiger partial charge in [-0.1, -0.05) is 18.6 Å². The quantitative estimate of drug-likeness (QED) is 0.422. The maximum Gasteiger partial charge on any atom is 0.123 e. The standard InChI is InChI=1S/C9H14O/c1-7(2)9-5-3-4-8(9)6-10/h6,8-9H,1,3-5H2,2H3. The second-order valence-electron chi connectivity index (χ2n) is 3.18. The van der Waals surface area contributed by atoms with Crippen LogP contribution in [0.25, 0.3) is 0 Å². The monoisotopic (exact) mass is 138 g/mol. The molecule has 0 bridgehead atoms. The largest absolute Gasteiger partial charge is 0.303 e. The number of carbonyl (C=O) groups is 1. The summed E-state index contributed by atoms with van der Waals surface area (Å²) < 4.78 is 0. The minimum absolute atomic E-state index is 0.275. The first-order valence-corrected chi connectivity index (χ1v) is 3.86. The van der Waals surface area contributed by atoms with Crippen LogP contribution in [0.5, 0.6) is 0 Å². The molecule has 1 heteroatoms. The fourth-order valence-electron chi connectivity index (χ4n) is 1.76. The second-order valence-corrected chi connectivity index (χ2v) is 3.18. The molecule has 0 aliphatic heterocycles. The van der Waals surface area contributed by atoms with Crippen LogP contribution in [-0.4, -0.2) is 6.29 Å². The molecular formula is C9H14O. The van der Waals surface area contributed by atoms with Crippen molar-refractivity contribution < 1.29 is 4.79 Å². The number of hydrogen-bond acceptors (Lipinski definition) is 1. The lowest BCUT2D eigenvalue weighted by Crippen LogP contribution is -2.09. The van der Waals surface area contributed by atoms with E-state index in [-0.39, 0.29) is 5.92 Å². The van der Waals surface area contributed by atoms with E-state index in [0.29, 0.717) is 5.92 Å². The van der Waals surface area contributed by atoms with Gasteiger partial charge in [0, 0.05) is 5.92 Å². The number of carbonyl (C=O) groups excluding carboxylic acids is 1. The molecule has 2 atom stereocenters. The maximum absolute atomic E-state index is 10.5. The molecule has 0 N–H and O–H groups in total. The fraction of sp³-hybridized carbons (Fsp3) is 0.667. The summed E-state index contributed by atoms with van der Waals surface area (Å²) in [5.41, 5.74) is 1.18. The van der Waals surface area contributed by atoms with E-state index in [1.807, 2.05) is 6.92 Å². The van der Waals surface area contributed by atoms with Gasteiger partial charge in [0.05, 0.1) is 0 Å². The summed E-state index contributed by atoms with van der Waals surface area (Å²) in [5, 5.41) is 0. The number of rotatable bonds is 2. The van der Waals surface area contributed by atoms with E-state index in [2.05, 4.69) is 6.58 Å². The Morgan fingerprint density at radius 1 is 1.60 bits per heavy atom. The van der Waals surface area contributed by atoms with Crippen molar-refractivity contribution in [3.05, 3.63) is 12.2 Å². The molecule has 0 saturated heterocycles. The van der Waals surface area contributed by atoms with Gasteiger partial charge >= 0.3 is 0 Å². The molecule has 56 valence electrons. The van der Waals surface area contributed by atoms with E-state index < -0.39 is 0 Å². The number of hydrogen-bond donors (Lipinski definition) is 0. The number of aldehydes is 1. The third-order valence-corrected chi connectivity index (χ3v) is 2.38. The molecule has 2 unspecified atom stereocenters. The summed E-state index contributed by atoms with van der Waals surface area (Å²) in [5.74, 6) is 0.759. The molecule has 0 heterocycles. The smallest absolute Gasteiger partial charge is 0.123 e. The summed E-state index contributed by atoms with van der Waals surface area (Å²) in [6.07, 6.45) is 4.52. The molecular weight excluding hydrogens is 124 g/mol. The third-order valence-electron chi connectivity index (χ3n) is 2.38. The summed E-state index contributed by atoms with van der Waals surface area (Å²) in [4.78, 5) is 10.5. The van der Waals surface area contributed by atoms with Crippen LogP contribution in [0.3, 0.4) is 0 Å². The lowest BCUT2D eigenvalue weighted by Gasteiger charge is -2.12. The van der Waals surface area contributed by atoms with Crippen molar-refractivity contribution in [1.82, 2.24) is 0 Å². The van der Waals surface area contributed by atoms with Gasteiger partial charge in [0.25, 0.3) is 0 Å². The molecule has 1 aliphatic carbocycles. The Labute approximate surface area is 62.1 Å². The summed E-state index contributed by atoms with van der Waals surface area (Å²) >= 11 is 0. The first kappa shape index (κ1) is 7.52. The third kappa shape index (κ3) is 1.28. The maximum atomic E-state index is 10.5. The minimum atomic E-state index is 0.275. The topological polar surface area (TPSA) is 17.1 Å². The van der Waals surface area contributed by atoms with Gasteiger partial charge in [-0.25, -0.2) is 0 Å². The van der Waals surface area contributed by atoms with Crippen LogP contribution in [0.2, 0.25) is 0 Å². The Bertz CT molecular complexity index is 149. The van der Waals surface area contributed by atoms with Gasteiger partial charge in [-0.05, 0) is 25.7 Å². The normalized spacial score (nSPS) is 32.1. The minimum Gasteiger partial charge on any atom is -0.303 e. The molecule has 1 fully saturated rings. The van der Waals surface area contributed by atoms with Gasteiger partial charge in [0.1, 0.15) is 6.29 Å². The summed E-state index contributed by atoms with van der Waals surface area (Å²) in [6.45, 7) is 5.90. The Morgan fingerprint density at radius 3 is 2.70 bits per heavy atom. The van der Waals surface area contributed by atoms with Crippen molar-refractivity contribution in [2.24, 2.45) is 11.8 Å². The van der Waals surface area contributed by atoms with Gasteiger partial charge in [-0.3, -0.25) is 0 Å². The molecule has 1 saturated carbocycles. The Morgan fingerprint density at radius 2 is 2.30 bits per heavy atom. The highest BCUT2D eigenvalue weighted by molar-refractivity contribution is 5.55. The zero-order chi connectivity index (χ0) is 7.56. The first-order valence-electron chi connectivity index (χ1n) is 3.86. The lowest BCUT2D eigenvalue weighted by atomic mass is 9.92. The van der Waals surface area contributed by atoms with Crippen molar-refractivity contribution >= 4 is 6.29 Å². The Kier molecular flexibility index (Phi) is 2.25. The summed E-state index contributed by atoms with van der Waals surface area (Å²) in [6, 6.07) is 0. The first-order chi connectivity index (χ1) is 4.75. The molecule has 1 nitrogen and oxygen atoms in total. The summed E-state index contributed by atoms with van der Waals surface area (Å²) in [7, 11) is 0. The van der Waals surface area contributed by atoms with Gasteiger partial charge in [0.15, 0.2) is 0 Å². The Hall–Kier alpha value is -0.590. The van der Waals surface area contributed by atoms with E-state index in [1.165, 1.54) is 18.4 Å². The van der Waals surface area contributed by atoms with Crippen LogP contribution in [0.1, 0.15) is 26.2 Å². The molecule has 1 rings (SSSR count). The Balaban J connectivity index is 2.58. The highest BCUT2D eigenvalue weighted by Gasteiger charge is 2.26. The molecule has 0 spiro atoms. The lowest BCUT2D eigenvalue weighted by molar-refractivity contribution is -0.111. The van der Waals surface area contributed by atoms with Crippen LogP contribution in [0.4, 0.5) is 0 Å². The molecule has 0 aromatic heterocycles. The predicted octanol–water partition coefficient (Wildman–Crippen LogP) is 2.18. The molecule has 0 radical (unpaired) electrons. The van der Waals surface area contributed by atoms with Crippen molar-refractivity contribution in [2.75, 3.05) is 0 Å². The predicted molar refractivity (Wildman–Crippen MR) is 41.7 cm³/mol. The van der Waals surface area contributed by atoms with Crippen molar-refractivity contribution in [3.8, 4) is 0 Å². The van der Waals surface area contributed by atoms with Crippen molar-refractivity contribution in [1.29, 1.82) is 0 Å². The van der Waals surface area contributed by atoms with E-state index in [4.69, 9.17) is 0 Å². The van der Waals surface area contributed by atoms with Gasteiger partial charge in [0.2, 0.25) is 0 Å².